The maximum atomic E-state index is 12.2. The van der Waals surface area contributed by atoms with Crippen molar-refractivity contribution in [1.82, 2.24) is 4.98 Å². The third kappa shape index (κ3) is 2.76. The lowest BCUT2D eigenvalue weighted by atomic mass is 10.0. The summed E-state index contributed by atoms with van der Waals surface area (Å²) in [6, 6.07) is 9.91. The van der Waals surface area contributed by atoms with Crippen molar-refractivity contribution in [3.8, 4) is 0 Å². The number of ketones is 1. The molecule has 1 aliphatic carbocycles. The fourth-order valence-electron chi connectivity index (χ4n) is 2.52. The van der Waals surface area contributed by atoms with Crippen LogP contribution in [0.5, 0.6) is 0 Å². The lowest BCUT2D eigenvalue weighted by Crippen LogP contribution is -2.05. The maximum Gasteiger partial charge on any atom is 0.168 e. The molecule has 96 valence electrons. The molecular weight excluding hydrogens is 302 g/mol. The predicted molar refractivity (Wildman–Crippen MR) is 78.4 cm³/mol. The molecule has 0 unspecified atom stereocenters. The average Bonchev–Trinajstić information content (AvgIpc) is 2.88. The molecule has 0 bridgehead atoms. The Balaban J connectivity index is 1.78. The summed E-state index contributed by atoms with van der Waals surface area (Å²) in [6.45, 7) is 0. The molecular formula is C16H14BrNO. The van der Waals surface area contributed by atoms with E-state index >= 15 is 0 Å². The summed E-state index contributed by atoms with van der Waals surface area (Å²) < 4.78 is 0.932. The number of benzene rings is 1. The van der Waals surface area contributed by atoms with E-state index in [1.807, 2.05) is 18.2 Å². The number of halogens is 1. The molecule has 1 aliphatic rings. The Bertz CT molecular complexity index is 619. The van der Waals surface area contributed by atoms with Crippen LogP contribution >= 0.6 is 15.9 Å². The molecule has 19 heavy (non-hydrogen) atoms. The van der Waals surface area contributed by atoms with Gasteiger partial charge in [-0.1, -0.05) is 12.1 Å². The zero-order chi connectivity index (χ0) is 13.2. The maximum absolute atomic E-state index is 12.2. The minimum absolute atomic E-state index is 0.143. The number of hydrogen-bond donors (Lipinski definition) is 0. The van der Waals surface area contributed by atoms with Crippen LogP contribution in [0.4, 0.5) is 0 Å². The van der Waals surface area contributed by atoms with Crippen molar-refractivity contribution in [2.24, 2.45) is 0 Å². The number of pyridine rings is 1. The van der Waals surface area contributed by atoms with E-state index in [-0.39, 0.29) is 5.78 Å². The van der Waals surface area contributed by atoms with Crippen molar-refractivity contribution in [2.75, 3.05) is 0 Å². The average molecular weight is 316 g/mol. The van der Waals surface area contributed by atoms with Gasteiger partial charge < -0.3 is 0 Å². The molecule has 0 saturated heterocycles. The van der Waals surface area contributed by atoms with Crippen LogP contribution in [0, 0.1) is 0 Å². The van der Waals surface area contributed by atoms with Gasteiger partial charge in [-0.2, -0.15) is 0 Å². The van der Waals surface area contributed by atoms with Crippen molar-refractivity contribution < 1.29 is 4.79 Å². The highest BCUT2D eigenvalue weighted by molar-refractivity contribution is 9.10. The first-order chi connectivity index (χ1) is 9.22. The number of aryl methyl sites for hydroxylation is 2. The SMILES string of the molecule is O=C(Cc1ccc(Br)cn1)c1ccc2c(c1)CCC2. The Kier molecular flexibility index (Phi) is 3.47. The van der Waals surface area contributed by atoms with Gasteiger partial charge in [-0.25, -0.2) is 0 Å². The Morgan fingerprint density at radius 3 is 2.79 bits per heavy atom. The summed E-state index contributed by atoms with van der Waals surface area (Å²) in [4.78, 5) is 16.5. The first-order valence-corrected chi connectivity index (χ1v) is 7.27. The van der Waals surface area contributed by atoms with Crippen LogP contribution in [0.1, 0.15) is 33.6 Å². The monoisotopic (exact) mass is 315 g/mol. The smallest absolute Gasteiger partial charge is 0.168 e. The van der Waals surface area contributed by atoms with Crippen molar-refractivity contribution >= 4 is 21.7 Å². The van der Waals surface area contributed by atoms with Gasteiger partial charge in [-0.3, -0.25) is 9.78 Å². The third-order valence-corrected chi connectivity index (χ3v) is 4.02. The van der Waals surface area contributed by atoms with Gasteiger partial charge in [0.15, 0.2) is 5.78 Å². The molecule has 0 saturated carbocycles. The fraction of sp³-hybridized carbons (Fsp3) is 0.250. The zero-order valence-electron chi connectivity index (χ0n) is 10.5. The molecule has 1 aromatic heterocycles. The number of aromatic nitrogens is 1. The van der Waals surface area contributed by atoms with Crippen LogP contribution in [0.15, 0.2) is 41.0 Å². The molecule has 3 heteroatoms. The van der Waals surface area contributed by atoms with E-state index in [0.29, 0.717) is 6.42 Å². The van der Waals surface area contributed by atoms with Gasteiger partial charge in [0.2, 0.25) is 0 Å². The number of carbonyl (C=O) groups is 1. The Hall–Kier alpha value is -1.48. The normalized spacial score (nSPS) is 13.3. The second-order valence-corrected chi connectivity index (χ2v) is 5.82. The van der Waals surface area contributed by atoms with Gasteiger partial charge in [0.1, 0.15) is 0 Å². The standard InChI is InChI=1S/C16H14BrNO/c17-14-6-7-15(18-10-14)9-16(19)13-5-4-11-2-1-3-12(11)8-13/h4-8,10H,1-3,9H2. The highest BCUT2D eigenvalue weighted by Gasteiger charge is 2.14. The van der Waals surface area contributed by atoms with Gasteiger partial charge in [0.25, 0.3) is 0 Å². The summed E-state index contributed by atoms with van der Waals surface area (Å²) in [5.74, 6) is 0.143. The zero-order valence-corrected chi connectivity index (χ0v) is 12.1. The van der Waals surface area contributed by atoms with Gasteiger partial charge in [-0.05, 0) is 64.5 Å². The first-order valence-electron chi connectivity index (χ1n) is 6.48. The fourth-order valence-corrected chi connectivity index (χ4v) is 2.76. The number of hydrogen-bond acceptors (Lipinski definition) is 2. The molecule has 0 fully saturated rings. The van der Waals surface area contributed by atoms with Gasteiger partial charge in [0, 0.05) is 21.9 Å². The molecule has 3 rings (SSSR count). The van der Waals surface area contributed by atoms with Crippen LogP contribution in [0.3, 0.4) is 0 Å². The van der Waals surface area contributed by atoms with Gasteiger partial charge in [-0.15, -0.1) is 0 Å². The van der Waals surface area contributed by atoms with E-state index in [9.17, 15) is 4.79 Å². The molecule has 0 atom stereocenters. The van der Waals surface area contributed by atoms with Crippen LogP contribution in [-0.2, 0) is 19.3 Å². The van der Waals surface area contributed by atoms with E-state index in [1.165, 1.54) is 17.5 Å². The number of nitrogens with zero attached hydrogens (tertiary/aromatic N) is 1. The van der Waals surface area contributed by atoms with Gasteiger partial charge >= 0.3 is 0 Å². The lowest BCUT2D eigenvalue weighted by Gasteiger charge is -2.04. The molecule has 0 amide bonds. The van der Waals surface area contributed by atoms with Crippen LogP contribution in [-0.4, -0.2) is 10.8 Å². The topological polar surface area (TPSA) is 30.0 Å². The van der Waals surface area contributed by atoms with Crippen LogP contribution in [0.2, 0.25) is 0 Å². The highest BCUT2D eigenvalue weighted by atomic mass is 79.9. The highest BCUT2D eigenvalue weighted by Crippen LogP contribution is 2.23. The molecule has 1 heterocycles. The first kappa shape index (κ1) is 12.5. The molecule has 0 radical (unpaired) electrons. The summed E-state index contributed by atoms with van der Waals surface area (Å²) in [5.41, 5.74) is 4.37. The summed E-state index contributed by atoms with van der Waals surface area (Å²) >= 11 is 3.34. The largest absolute Gasteiger partial charge is 0.294 e. The lowest BCUT2D eigenvalue weighted by molar-refractivity contribution is 0.0992. The molecule has 0 aliphatic heterocycles. The number of rotatable bonds is 3. The van der Waals surface area contributed by atoms with Crippen molar-refractivity contribution in [3.63, 3.8) is 0 Å². The second kappa shape index (κ2) is 5.25. The van der Waals surface area contributed by atoms with E-state index in [1.54, 1.807) is 6.20 Å². The van der Waals surface area contributed by atoms with Gasteiger partial charge in [0.05, 0.1) is 6.42 Å². The minimum Gasteiger partial charge on any atom is -0.294 e. The predicted octanol–water partition coefficient (Wildman–Crippen LogP) is 3.76. The van der Waals surface area contributed by atoms with Crippen molar-refractivity contribution in [1.29, 1.82) is 0 Å². The summed E-state index contributed by atoms with van der Waals surface area (Å²) in [6.07, 6.45) is 5.56. The number of fused-ring (bicyclic) bond motifs is 1. The molecule has 0 spiro atoms. The second-order valence-electron chi connectivity index (χ2n) is 4.90. The summed E-state index contributed by atoms with van der Waals surface area (Å²) in [7, 11) is 0. The van der Waals surface area contributed by atoms with Crippen LogP contribution in [0.25, 0.3) is 0 Å². The van der Waals surface area contributed by atoms with Crippen molar-refractivity contribution in [2.45, 2.75) is 25.7 Å². The summed E-state index contributed by atoms with van der Waals surface area (Å²) in [5, 5.41) is 0. The molecule has 2 nitrogen and oxygen atoms in total. The van der Waals surface area contributed by atoms with E-state index in [4.69, 9.17) is 0 Å². The quantitative estimate of drug-likeness (QED) is 0.807. The van der Waals surface area contributed by atoms with Crippen molar-refractivity contribution in [3.05, 3.63) is 63.4 Å². The van der Waals surface area contributed by atoms with E-state index in [0.717, 1.165) is 28.6 Å². The van der Waals surface area contributed by atoms with E-state index < -0.39 is 0 Å². The molecule has 0 N–H and O–H groups in total. The Morgan fingerprint density at radius 2 is 2.00 bits per heavy atom. The Labute approximate surface area is 121 Å². The number of Topliss-reactive ketones (excluding diaryl/α,β-unsaturated/α-hetero) is 1. The minimum atomic E-state index is 0.143. The van der Waals surface area contributed by atoms with Crippen LogP contribution < -0.4 is 0 Å². The molecule has 1 aromatic carbocycles. The number of carbonyl (C=O) groups excluding carboxylic acids is 1. The Morgan fingerprint density at radius 1 is 1.16 bits per heavy atom. The molecule has 2 aromatic rings. The van der Waals surface area contributed by atoms with E-state index in [2.05, 4.69) is 33.0 Å². The third-order valence-electron chi connectivity index (χ3n) is 3.55.